The quantitative estimate of drug-likeness (QED) is 0.848. The van der Waals surface area contributed by atoms with Gasteiger partial charge in [-0.25, -0.2) is 12.7 Å². The van der Waals surface area contributed by atoms with Gasteiger partial charge in [0.15, 0.2) is 0 Å². The predicted molar refractivity (Wildman–Crippen MR) is 91.1 cm³/mol. The average Bonchev–Trinajstić information content (AvgIpc) is 3.31. The third-order valence-electron chi connectivity index (χ3n) is 5.20. The SMILES string of the molecule is Cn1cnnc1C1CCCN(S(=O)(=O)C2CC2c2ccccc2)C1. The lowest BCUT2D eigenvalue weighted by atomic mass is 9.99. The van der Waals surface area contributed by atoms with Gasteiger partial charge in [0.2, 0.25) is 10.0 Å². The Morgan fingerprint density at radius 3 is 2.71 bits per heavy atom. The smallest absolute Gasteiger partial charge is 0.217 e. The Hall–Kier alpha value is -1.73. The summed E-state index contributed by atoms with van der Waals surface area (Å²) < 4.78 is 29.6. The number of benzene rings is 1. The van der Waals surface area contributed by atoms with Gasteiger partial charge in [-0.2, -0.15) is 0 Å². The minimum atomic E-state index is -3.25. The molecule has 1 saturated carbocycles. The van der Waals surface area contributed by atoms with E-state index >= 15 is 0 Å². The number of hydrogen-bond donors (Lipinski definition) is 0. The molecule has 2 aliphatic rings. The van der Waals surface area contributed by atoms with Gasteiger partial charge in [-0.15, -0.1) is 10.2 Å². The molecule has 1 aromatic heterocycles. The molecule has 3 atom stereocenters. The van der Waals surface area contributed by atoms with Crippen molar-refractivity contribution in [2.75, 3.05) is 13.1 Å². The summed E-state index contributed by atoms with van der Waals surface area (Å²) in [6, 6.07) is 9.97. The molecular formula is C17H22N4O2S. The lowest BCUT2D eigenvalue weighted by Crippen LogP contribution is -2.41. The molecule has 0 radical (unpaired) electrons. The number of nitrogens with zero attached hydrogens (tertiary/aromatic N) is 4. The molecule has 24 heavy (non-hydrogen) atoms. The van der Waals surface area contributed by atoms with Gasteiger partial charge in [0.25, 0.3) is 0 Å². The van der Waals surface area contributed by atoms with E-state index in [1.54, 1.807) is 10.6 Å². The second-order valence-electron chi connectivity index (χ2n) is 6.83. The zero-order chi connectivity index (χ0) is 16.7. The van der Waals surface area contributed by atoms with Crippen LogP contribution in [0.5, 0.6) is 0 Å². The van der Waals surface area contributed by atoms with E-state index in [0.29, 0.717) is 13.1 Å². The summed E-state index contributed by atoms with van der Waals surface area (Å²) in [7, 11) is -1.34. The molecule has 2 fully saturated rings. The molecule has 0 N–H and O–H groups in total. The van der Waals surface area contributed by atoms with Gasteiger partial charge < -0.3 is 4.57 Å². The van der Waals surface area contributed by atoms with Crippen molar-refractivity contribution in [3.05, 3.63) is 48.0 Å². The van der Waals surface area contributed by atoms with Gasteiger partial charge in [0, 0.05) is 32.0 Å². The molecule has 4 rings (SSSR count). The van der Waals surface area contributed by atoms with Crippen molar-refractivity contribution in [2.45, 2.75) is 36.3 Å². The molecule has 7 heteroatoms. The molecular weight excluding hydrogens is 324 g/mol. The molecule has 1 aliphatic carbocycles. The molecule has 1 aliphatic heterocycles. The first-order chi connectivity index (χ1) is 11.6. The minimum absolute atomic E-state index is 0.134. The molecule has 3 unspecified atom stereocenters. The molecule has 1 saturated heterocycles. The largest absolute Gasteiger partial charge is 0.320 e. The van der Waals surface area contributed by atoms with Gasteiger partial charge >= 0.3 is 0 Å². The lowest BCUT2D eigenvalue weighted by Gasteiger charge is -2.31. The first-order valence-electron chi connectivity index (χ1n) is 8.45. The van der Waals surface area contributed by atoms with Crippen molar-refractivity contribution in [2.24, 2.45) is 7.05 Å². The fraction of sp³-hybridized carbons (Fsp3) is 0.529. The highest BCUT2D eigenvalue weighted by Crippen LogP contribution is 2.47. The maximum atomic E-state index is 13.0. The number of piperidine rings is 1. The van der Waals surface area contributed by atoms with Crippen LogP contribution in [0.3, 0.4) is 0 Å². The van der Waals surface area contributed by atoms with Crippen molar-refractivity contribution in [1.29, 1.82) is 0 Å². The number of rotatable bonds is 4. The van der Waals surface area contributed by atoms with Crippen molar-refractivity contribution in [3.8, 4) is 0 Å². The molecule has 128 valence electrons. The standard InChI is InChI=1S/C17H22N4O2S/c1-20-12-18-19-17(20)14-8-5-9-21(11-14)24(22,23)16-10-15(16)13-6-3-2-4-7-13/h2-4,6-7,12,14-16H,5,8-11H2,1H3. The molecule has 2 heterocycles. The maximum Gasteiger partial charge on any atom is 0.217 e. The zero-order valence-electron chi connectivity index (χ0n) is 13.7. The summed E-state index contributed by atoms with van der Waals surface area (Å²) in [5, 5.41) is 7.83. The predicted octanol–water partition coefficient (Wildman–Crippen LogP) is 1.88. The monoisotopic (exact) mass is 346 g/mol. The number of sulfonamides is 1. The van der Waals surface area contributed by atoms with Gasteiger partial charge in [0.1, 0.15) is 12.2 Å². The molecule has 6 nitrogen and oxygen atoms in total. The Kier molecular flexibility index (Phi) is 3.92. The minimum Gasteiger partial charge on any atom is -0.320 e. The van der Waals surface area contributed by atoms with Gasteiger partial charge in [-0.05, 0) is 24.8 Å². The number of hydrogen-bond acceptors (Lipinski definition) is 4. The highest BCUT2D eigenvalue weighted by molar-refractivity contribution is 7.90. The van der Waals surface area contributed by atoms with Crippen molar-refractivity contribution < 1.29 is 8.42 Å². The van der Waals surface area contributed by atoms with E-state index in [9.17, 15) is 8.42 Å². The number of aryl methyl sites for hydroxylation is 1. The van der Waals surface area contributed by atoms with Crippen LogP contribution in [0.25, 0.3) is 0 Å². The Morgan fingerprint density at radius 2 is 2.00 bits per heavy atom. The molecule has 0 bridgehead atoms. The summed E-state index contributed by atoms with van der Waals surface area (Å²) in [5.41, 5.74) is 1.13. The van der Waals surface area contributed by atoms with Crippen LogP contribution in [0.4, 0.5) is 0 Å². The average molecular weight is 346 g/mol. The van der Waals surface area contributed by atoms with E-state index in [4.69, 9.17) is 0 Å². The van der Waals surface area contributed by atoms with Crippen LogP contribution in [-0.2, 0) is 17.1 Å². The van der Waals surface area contributed by atoms with E-state index in [2.05, 4.69) is 10.2 Å². The molecule has 2 aromatic rings. The van der Waals surface area contributed by atoms with E-state index in [1.165, 1.54) is 0 Å². The second kappa shape index (κ2) is 5.97. The van der Waals surface area contributed by atoms with Crippen molar-refractivity contribution >= 4 is 10.0 Å². The Bertz CT molecular complexity index is 818. The Morgan fingerprint density at radius 1 is 1.21 bits per heavy atom. The van der Waals surface area contributed by atoms with E-state index < -0.39 is 10.0 Å². The summed E-state index contributed by atoms with van der Waals surface area (Å²) >= 11 is 0. The van der Waals surface area contributed by atoms with Crippen LogP contribution in [0, 0.1) is 0 Å². The molecule has 1 aromatic carbocycles. The van der Waals surface area contributed by atoms with E-state index in [1.807, 2.05) is 41.9 Å². The highest BCUT2D eigenvalue weighted by atomic mass is 32.2. The highest BCUT2D eigenvalue weighted by Gasteiger charge is 2.51. The third-order valence-corrected chi connectivity index (χ3v) is 7.54. The fourth-order valence-corrected chi connectivity index (χ4v) is 5.97. The third kappa shape index (κ3) is 2.75. The fourth-order valence-electron chi connectivity index (χ4n) is 3.79. The zero-order valence-corrected chi connectivity index (χ0v) is 14.6. The normalized spacial score (nSPS) is 28.0. The summed E-state index contributed by atoms with van der Waals surface area (Å²) in [5.74, 6) is 1.16. The topological polar surface area (TPSA) is 68.1 Å². The first-order valence-corrected chi connectivity index (χ1v) is 9.95. The molecule has 0 spiro atoms. The first kappa shape index (κ1) is 15.8. The van der Waals surface area contributed by atoms with E-state index in [-0.39, 0.29) is 17.1 Å². The van der Waals surface area contributed by atoms with Gasteiger partial charge in [-0.1, -0.05) is 30.3 Å². The van der Waals surface area contributed by atoms with Crippen molar-refractivity contribution in [1.82, 2.24) is 19.1 Å². The van der Waals surface area contributed by atoms with Crippen LogP contribution in [0.1, 0.15) is 42.5 Å². The second-order valence-corrected chi connectivity index (χ2v) is 8.99. The van der Waals surface area contributed by atoms with Crippen LogP contribution >= 0.6 is 0 Å². The lowest BCUT2D eigenvalue weighted by molar-refractivity contribution is 0.305. The van der Waals surface area contributed by atoms with Crippen LogP contribution in [0.15, 0.2) is 36.7 Å². The van der Waals surface area contributed by atoms with Crippen LogP contribution < -0.4 is 0 Å². The summed E-state index contributed by atoms with van der Waals surface area (Å²) in [4.78, 5) is 0. The Balaban J connectivity index is 1.50. The maximum absolute atomic E-state index is 13.0. The summed E-state index contributed by atoms with van der Waals surface area (Å²) in [6.45, 7) is 1.14. The van der Waals surface area contributed by atoms with Gasteiger partial charge in [-0.3, -0.25) is 0 Å². The van der Waals surface area contributed by atoms with Crippen molar-refractivity contribution in [3.63, 3.8) is 0 Å². The van der Waals surface area contributed by atoms with Gasteiger partial charge in [0.05, 0.1) is 5.25 Å². The summed E-state index contributed by atoms with van der Waals surface area (Å²) in [6.07, 6.45) is 4.25. The molecule has 0 amide bonds. The number of aromatic nitrogens is 3. The van der Waals surface area contributed by atoms with E-state index in [0.717, 1.165) is 30.7 Å². The van der Waals surface area contributed by atoms with Crippen LogP contribution in [-0.4, -0.2) is 45.8 Å². The Labute approximate surface area is 142 Å². The van der Waals surface area contributed by atoms with Crippen LogP contribution in [0.2, 0.25) is 0 Å².